The molecule has 0 aliphatic rings. The highest BCUT2D eigenvalue weighted by Gasteiger charge is 2.06. The minimum absolute atomic E-state index is 0.393. The molecule has 0 radical (unpaired) electrons. The van der Waals surface area contributed by atoms with Crippen LogP contribution in [0.1, 0.15) is 22.3 Å². The van der Waals surface area contributed by atoms with Gasteiger partial charge in [0.15, 0.2) is 0 Å². The standard InChI is InChI=1S/C27H25N3O3/c31-27(30-32)23-12-10-20(11-13-23)17-21(18-29-24-7-4-15-28-19-24)14-16-33-26-9-3-6-22-5-1-2-8-25(22)26/h1-13,15,17,19,29,32H,14,16,18H2,(H,30,31)/b21-17-. The molecule has 0 saturated carbocycles. The number of fused-ring (bicyclic) bond motifs is 1. The van der Waals surface area contributed by atoms with Gasteiger partial charge >= 0.3 is 0 Å². The number of anilines is 1. The maximum absolute atomic E-state index is 11.6. The maximum Gasteiger partial charge on any atom is 0.274 e. The summed E-state index contributed by atoms with van der Waals surface area (Å²) in [6.07, 6.45) is 6.32. The van der Waals surface area contributed by atoms with E-state index in [1.807, 2.05) is 48.5 Å². The number of benzene rings is 3. The van der Waals surface area contributed by atoms with Gasteiger partial charge in [0.05, 0.1) is 12.3 Å². The highest BCUT2D eigenvalue weighted by atomic mass is 16.5. The molecule has 1 aromatic heterocycles. The summed E-state index contributed by atoms with van der Waals surface area (Å²) in [4.78, 5) is 15.7. The lowest BCUT2D eigenvalue weighted by atomic mass is 10.1. The second-order valence-electron chi connectivity index (χ2n) is 7.54. The molecule has 166 valence electrons. The number of nitrogens with zero attached hydrogens (tertiary/aromatic N) is 1. The summed E-state index contributed by atoms with van der Waals surface area (Å²) in [5.41, 5.74) is 5.07. The molecule has 6 heteroatoms. The van der Waals surface area contributed by atoms with Crippen molar-refractivity contribution >= 4 is 28.4 Å². The monoisotopic (exact) mass is 439 g/mol. The Bertz CT molecular complexity index is 1230. The van der Waals surface area contributed by atoms with Crippen molar-refractivity contribution < 1.29 is 14.7 Å². The van der Waals surface area contributed by atoms with Gasteiger partial charge in [-0.1, -0.05) is 54.6 Å². The Morgan fingerprint density at radius 2 is 1.79 bits per heavy atom. The fourth-order valence-electron chi connectivity index (χ4n) is 3.54. The zero-order valence-corrected chi connectivity index (χ0v) is 18.1. The second-order valence-corrected chi connectivity index (χ2v) is 7.54. The van der Waals surface area contributed by atoms with Crippen LogP contribution < -0.4 is 15.5 Å². The summed E-state index contributed by atoms with van der Waals surface area (Å²) >= 11 is 0. The van der Waals surface area contributed by atoms with Crippen LogP contribution in [0.4, 0.5) is 5.69 Å². The van der Waals surface area contributed by atoms with Gasteiger partial charge in [-0.05, 0) is 46.9 Å². The summed E-state index contributed by atoms with van der Waals surface area (Å²) in [6, 6.07) is 25.2. The highest BCUT2D eigenvalue weighted by molar-refractivity contribution is 5.93. The van der Waals surface area contributed by atoms with Gasteiger partial charge in [0.1, 0.15) is 5.75 Å². The van der Waals surface area contributed by atoms with E-state index in [1.165, 1.54) is 0 Å². The summed E-state index contributed by atoms with van der Waals surface area (Å²) < 4.78 is 6.14. The summed E-state index contributed by atoms with van der Waals surface area (Å²) in [5, 5.41) is 14.4. The van der Waals surface area contributed by atoms with Crippen molar-refractivity contribution in [2.45, 2.75) is 6.42 Å². The van der Waals surface area contributed by atoms with Gasteiger partial charge in [0.2, 0.25) is 0 Å². The Kier molecular flexibility index (Phi) is 7.30. The first-order chi connectivity index (χ1) is 16.2. The number of hydrogen-bond donors (Lipinski definition) is 3. The molecule has 0 saturated heterocycles. The number of pyridine rings is 1. The van der Waals surface area contributed by atoms with E-state index in [0.29, 0.717) is 18.7 Å². The highest BCUT2D eigenvalue weighted by Crippen LogP contribution is 2.25. The van der Waals surface area contributed by atoms with Gasteiger partial charge < -0.3 is 10.1 Å². The van der Waals surface area contributed by atoms with E-state index in [4.69, 9.17) is 9.94 Å². The summed E-state index contributed by atoms with van der Waals surface area (Å²) in [6.45, 7) is 1.16. The van der Waals surface area contributed by atoms with Crippen molar-refractivity contribution in [3.05, 3.63) is 108 Å². The van der Waals surface area contributed by atoms with Crippen molar-refractivity contribution in [3.8, 4) is 5.75 Å². The Morgan fingerprint density at radius 3 is 2.58 bits per heavy atom. The Hall–Kier alpha value is -4.16. The molecule has 4 aromatic rings. The lowest BCUT2D eigenvalue weighted by Crippen LogP contribution is -2.18. The summed E-state index contributed by atoms with van der Waals surface area (Å²) in [5.74, 6) is 0.333. The topological polar surface area (TPSA) is 83.5 Å². The zero-order valence-electron chi connectivity index (χ0n) is 18.1. The van der Waals surface area contributed by atoms with Crippen LogP contribution >= 0.6 is 0 Å². The first kappa shape index (κ1) is 22.0. The van der Waals surface area contributed by atoms with E-state index in [2.05, 4.69) is 34.6 Å². The number of ether oxygens (including phenoxy) is 1. The molecular formula is C27H25N3O3. The molecule has 3 N–H and O–H groups in total. The largest absolute Gasteiger partial charge is 0.493 e. The maximum atomic E-state index is 11.6. The molecule has 0 aliphatic heterocycles. The number of nitrogens with one attached hydrogen (secondary N) is 2. The third kappa shape index (κ3) is 5.96. The molecule has 4 rings (SSSR count). The molecule has 1 amide bonds. The molecule has 0 aliphatic carbocycles. The molecule has 0 bridgehead atoms. The Labute approximate surface area is 192 Å². The average molecular weight is 440 g/mol. The number of carbonyl (C=O) groups is 1. The number of amides is 1. The second kappa shape index (κ2) is 10.9. The fourth-order valence-corrected chi connectivity index (χ4v) is 3.54. The molecule has 0 unspecified atom stereocenters. The van der Waals surface area contributed by atoms with Gasteiger partial charge in [-0.2, -0.15) is 0 Å². The van der Waals surface area contributed by atoms with Crippen LogP contribution in [0, 0.1) is 0 Å². The van der Waals surface area contributed by atoms with E-state index in [9.17, 15) is 4.79 Å². The molecular weight excluding hydrogens is 414 g/mol. The molecule has 0 fully saturated rings. The van der Waals surface area contributed by atoms with Gasteiger partial charge in [-0.25, -0.2) is 5.48 Å². The van der Waals surface area contributed by atoms with E-state index < -0.39 is 5.91 Å². The predicted octanol–water partition coefficient (Wildman–Crippen LogP) is 5.32. The van der Waals surface area contributed by atoms with Crippen LogP contribution in [0.25, 0.3) is 16.8 Å². The van der Waals surface area contributed by atoms with Gasteiger partial charge in [-0.15, -0.1) is 0 Å². The molecule has 3 aromatic carbocycles. The first-order valence-corrected chi connectivity index (χ1v) is 10.7. The van der Waals surface area contributed by atoms with E-state index in [0.717, 1.165) is 39.8 Å². The fraction of sp³-hybridized carbons (Fsp3) is 0.111. The van der Waals surface area contributed by atoms with Gasteiger partial charge in [0.25, 0.3) is 5.91 Å². The smallest absolute Gasteiger partial charge is 0.274 e. The minimum Gasteiger partial charge on any atom is -0.493 e. The lowest BCUT2D eigenvalue weighted by Gasteiger charge is -2.13. The third-order valence-corrected chi connectivity index (χ3v) is 5.26. The van der Waals surface area contributed by atoms with Crippen LogP contribution in [0.3, 0.4) is 0 Å². The minimum atomic E-state index is -0.535. The van der Waals surface area contributed by atoms with Crippen molar-refractivity contribution in [2.75, 3.05) is 18.5 Å². The predicted molar refractivity (Wildman–Crippen MR) is 130 cm³/mol. The quantitative estimate of drug-likeness (QED) is 0.243. The van der Waals surface area contributed by atoms with Crippen LogP contribution in [0.2, 0.25) is 0 Å². The number of hydrogen-bond acceptors (Lipinski definition) is 5. The molecule has 0 atom stereocenters. The van der Waals surface area contributed by atoms with Crippen molar-refractivity contribution in [1.29, 1.82) is 0 Å². The van der Waals surface area contributed by atoms with E-state index in [1.54, 1.807) is 30.0 Å². The lowest BCUT2D eigenvalue weighted by molar-refractivity contribution is 0.0706. The summed E-state index contributed by atoms with van der Waals surface area (Å²) in [7, 11) is 0. The average Bonchev–Trinajstić information content (AvgIpc) is 2.88. The third-order valence-electron chi connectivity index (χ3n) is 5.26. The molecule has 1 heterocycles. The van der Waals surface area contributed by atoms with E-state index in [-0.39, 0.29) is 0 Å². The molecule has 0 spiro atoms. The first-order valence-electron chi connectivity index (χ1n) is 10.7. The SMILES string of the molecule is O=C(NO)c1ccc(/C=C(/CCOc2cccc3ccccc23)CNc2cccnc2)cc1. The van der Waals surface area contributed by atoms with E-state index >= 15 is 0 Å². The van der Waals surface area contributed by atoms with Gasteiger partial charge in [-0.3, -0.25) is 15.0 Å². The normalized spacial score (nSPS) is 11.2. The molecule has 6 nitrogen and oxygen atoms in total. The number of hydroxylamine groups is 1. The van der Waals surface area contributed by atoms with Crippen LogP contribution in [-0.2, 0) is 0 Å². The van der Waals surface area contributed by atoms with Gasteiger partial charge in [0, 0.05) is 36.3 Å². The number of aromatic nitrogens is 1. The number of rotatable bonds is 9. The Balaban J connectivity index is 1.48. The zero-order chi connectivity index (χ0) is 22.9. The van der Waals surface area contributed by atoms with Crippen LogP contribution in [0.5, 0.6) is 5.75 Å². The van der Waals surface area contributed by atoms with Crippen LogP contribution in [-0.4, -0.2) is 29.3 Å². The van der Waals surface area contributed by atoms with Crippen LogP contribution in [0.15, 0.2) is 96.8 Å². The Morgan fingerprint density at radius 1 is 0.970 bits per heavy atom. The van der Waals surface area contributed by atoms with Crippen molar-refractivity contribution in [3.63, 3.8) is 0 Å². The van der Waals surface area contributed by atoms with Crippen molar-refractivity contribution in [1.82, 2.24) is 10.5 Å². The van der Waals surface area contributed by atoms with Crippen molar-refractivity contribution in [2.24, 2.45) is 0 Å². The number of carbonyl (C=O) groups excluding carboxylic acids is 1. The molecule has 33 heavy (non-hydrogen) atoms.